The van der Waals surface area contributed by atoms with E-state index in [4.69, 9.17) is 0 Å². The maximum atomic E-state index is 13.3. The van der Waals surface area contributed by atoms with E-state index in [0.717, 1.165) is 41.3 Å². The molecule has 32 heavy (non-hydrogen) atoms. The molecule has 3 aromatic rings. The number of hydrogen-bond acceptors (Lipinski definition) is 5. The summed E-state index contributed by atoms with van der Waals surface area (Å²) in [7, 11) is 4.18. The van der Waals surface area contributed by atoms with E-state index in [2.05, 4.69) is 58.5 Å². The monoisotopic (exact) mass is 443 g/mol. The van der Waals surface area contributed by atoms with Gasteiger partial charge in [0.15, 0.2) is 5.82 Å². The normalized spacial score (nSPS) is 15.8. The minimum Gasteiger partial charge on any atom is -0.368 e. The number of likely N-dealkylation sites (N-methyl/N-ethyl adjacent to an activating group) is 1. The van der Waals surface area contributed by atoms with Gasteiger partial charge >= 0.3 is 6.18 Å². The van der Waals surface area contributed by atoms with Gasteiger partial charge in [-0.1, -0.05) is 18.2 Å². The van der Waals surface area contributed by atoms with Crippen LogP contribution in [0.4, 0.5) is 24.7 Å². The molecule has 1 saturated heterocycles. The minimum atomic E-state index is -4.37. The van der Waals surface area contributed by atoms with E-state index in [1.807, 2.05) is 13.0 Å². The van der Waals surface area contributed by atoms with Crippen LogP contribution in [0.5, 0.6) is 0 Å². The fraction of sp³-hybridized carbons (Fsp3) is 0.417. The lowest BCUT2D eigenvalue weighted by Gasteiger charge is -2.53. The summed E-state index contributed by atoms with van der Waals surface area (Å²) < 4.78 is 39.8. The van der Waals surface area contributed by atoms with Crippen LogP contribution in [0.2, 0.25) is 0 Å². The number of alkyl halides is 3. The highest BCUT2D eigenvalue weighted by molar-refractivity contribution is 5.95. The summed E-state index contributed by atoms with van der Waals surface area (Å²) in [5, 5.41) is 13.7. The molecule has 2 heterocycles. The fourth-order valence-corrected chi connectivity index (χ4v) is 4.21. The van der Waals surface area contributed by atoms with Crippen LogP contribution >= 0.6 is 0 Å². The van der Waals surface area contributed by atoms with Crippen LogP contribution in [0.25, 0.3) is 10.8 Å². The molecule has 170 valence electrons. The molecule has 0 radical (unpaired) electrons. The van der Waals surface area contributed by atoms with Gasteiger partial charge in [-0.3, -0.25) is 0 Å². The predicted molar refractivity (Wildman–Crippen MR) is 122 cm³/mol. The maximum absolute atomic E-state index is 13.3. The van der Waals surface area contributed by atoms with E-state index in [1.54, 1.807) is 6.07 Å². The summed E-state index contributed by atoms with van der Waals surface area (Å²) >= 11 is 0. The van der Waals surface area contributed by atoms with Gasteiger partial charge in [-0.2, -0.15) is 18.3 Å². The lowest BCUT2D eigenvalue weighted by Crippen LogP contribution is -2.67. The Labute approximate surface area is 186 Å². The van der Waals surface area contributed by atoms with Crippen molar-refractivity contribution in [1.29, 1.82) is 0 Å². The van der Waals surface area contributed by atoms with Crippen LogP contribution in [0, 0.1) is 13.8 Å². The number of benzene rings is 2. The van der Waals surface area contributed by atoms with E-state index in [9.17, 15) is 13.2 Å². The van der Waals surface area contributed by atoms with E-state index < -0.39 is 11.7 Å². The van der Waals surface area contributed by atoms with Crippen molar-refractivity contribution in [3.8, 4) is 0 Å². The molecule has 2 aromatic carbocycles. The average molecular weight is 444 g/mol. The summed E-state index contributed by atoms with van der Waals surface area (Å²) in [5.74, 6) is 0.570. The van der Waals surface area contributed by atoms with Crippen LogP contribution < -0.4 is 10.2 Å². The molecule has 5 nitrogen and oxygen atoms in total. The Morgan fingerprint density at radius 2 is 1.78 bits per heavy atom. The molecule has 0 saturated carbocycles. The number of nitrogens with one attached hydrogen (secondary N) is 1. The second-order valence-corrected chi connectivity index (χ2v) is 9.05. The highest BCUT2D eigenvalue weighted by atomic mass is 19.4. The summed E-state index contributed by atoms with van der Waals surface area (Å²) in [6.45, 7) is 7.73. The number of anilines is 2. The Morgan fingerprint density at radius 3 is 2.44 bits per heavy atom. The van der Waals surface area contributed by atoms with Gasteiger partial charge in [-0.25, -0.2) is 0 Å². The Morgan fingerprint density at radius 1 is 1.06 bits per heavy atom. The SMILES string of the molecule is Cc1c(CNc2nnc(C)c3ccc(N4CC(C)(N(C)C)C4)cc23)cccc1C(F)(F)F. The van der Waals surface area contributed by atoms with Crippen LogP contribution in [-0.4, -0.2) is 47.8 Å². The number of hydrogen-bond donors (Lipinski definition) is 1. The molecule has 8 heteroatoms. The number of aromatic nitrogens is 2. The summed E-state index contributed by atoms with van der Waals surface area (Å²) in [4.78, 5) is 4.56. The molecule has 4 rings (SSSR count). The smallest absolute Gasteiger partial charge is 0.368 e. The van der Waals surface area contributed by atoms with Gasteiger partial charge in [0.1, 0.15) is 0 Å². The van der Waals surface area contributed by atoms with Crippen molar-refractivity contribution in [2.45, 2.75) is 39.0 Å². The first-order valence-corrected chi connectivity index (χ1v) is 10.6. The van der Waals surface area contributed by atoms with Gasteiger partial charge in [-0.05, 0) is 64.2 Å². The molecule has 0 amide bonds. The molecule has 0 aliphatic carbocycles. The Hall–Kier alpha value is -2.87. The minimum absolute atomic E-state index is 0.142. The molecule has 1 aliphatic rings. The average Bonchev–Trinajstić information content (AvgIpc) is 2.70. The third kappa shape index (κ3) is 3.99. The second kappa shape index (κ2) is 7.92. The van der Waals surface area contributed by atoms with Crippen LogP contribution in [0.1, 0.15) is 29.3 Å². The quantitative estimate of drug-likeness (QED) is 0.600. The van der Waals surface area contributed by atoms with Crippen molar-refractivity contribution in [3.63, 3.8) is 0 Å². The van der Waals surface area contributed by atoms with Crippen molar-refractivity contribution in [1.82, 2.24) is 15.1 Å². The third-order valence-electron chi connectivity index (χ3n) is 6.65. The Balaban J connectivity index is 1.62. The summed E-state index contributed by atoms with van der Waals surface area (Å²) in [6.07, 6.45) is -4.37. The Kier molecular flexibility index (Phi) is 5.53. The molecule has 0 bridgehead atoms. The van der Waals surface area contributed by atoms with Crippen LogP contribution in [-0.2, 0) is 12.7 Å². The number of aryl methyl sites for hydroxylation is 1. The Bertz CT molecular complexity index is 1150. The molecule has 1 N–H and O–H groups in total. The highest BCUT2D eigenvalue weighted by Crippen LogP contribution is 2.35. The molecule has 1 fully saturated rings. The topological polar surface area (TPSA) is 44.3 Å². The van der Waals surface area contributed by atoms with Gasteiger partial charge in [0.25, 0.3) is 0 Å². The van der Waals surface area contributed by atoms with Crippen molar-refractivity contribution >= 4 is 22.3 Å². The van der Waals surface area contributed by atoms with E-state index >= 15 is 0 Å². The summed E-state index contributed by atoms with van der Waals surface area (Å²) in [6, 6.07) is 10.5. The molecule has 0 spiro atoms. The van der Waals surface area contributed by atoms with Gasteiger partial charge in [0, 0.05) is 36.1 Å². The van der Waals surface area contributed by atoms with Crippen molar-refractivity contribution in [2.75, 3.05) is 37.4 Å². The van der Waals surface area contributed by atoms with Gasteiger partial charge in [0.05, 0.1) is 16.8 Å². The first kappa shape index (κ1) is 22.3. The molecule has 1 aromatic heterocycles. The van der Waals surface area contributed by atoms with Crippen molar-refractivity contribution in [2.24, 2.45) is 0 Å². The summed E-state index contributed by atoms with van der Waals surface area (Å²) in [5.41, 5.74) is 2.25. The zero-order valence-corrected chi connectivity index (χ0v) is 19.0. The number of fused-ring (bicyclic) bond motifs is 1. The molecular formula is C24H28F3N5. The predicted octanol–water partition coefficient (Wildman–Crippen LogP) is 5.02. The number of nitrogens with zero attached hydrogens (tertiary/aromatic N) is 4. The molecule has 0 atom stereocenters. The van der Waals surface area contributed by atoms with Gasteiger partial charge < -0.3 is 15.1 Å². The second-order valence-electron chi connectivity index (χ2n) is 9.05. The van der Waals surface area contributed by atoms with Crippen molar-refractivity contribution in [3.05, 3.63) is 58.8 Å². The largest absolute Gasteiger partial charge is 0.416 e. The standard InChI is InChI=1S/C24H28F3N5/c1-15-17(7-6-8-21(15)24(25,26)27)12-28-22-20-11-18(9-10-19(20)16(2)29-30-22)32-13-23(3,14-32)31(4)5/h6-11H,12-14H2,1-5H3,(H,28,30). The number of rotatable bonds is 5. The lowest BCUT2D eigenvalue weighted by molar-refractivity contribution is -0.138. The number of halogens is 3. The van der Waals surface area contributed by atoms with Gasteiger partial charge in [-0.15, -0.1) is 5.10 Å². The molecular weight excluding hydrogens is 415 g/mol. The molecule has 1 aliphatic heterocycles. The zero-order chi connectivity index (χ0) is 23.3. The van der Waals surface area contributed by atoms with Crippen LogP contribution in [0.3, 0.4) is 0 Å². The van der Waals surface area contributed by atoms with E-state index in [-0.39, 0.29) is 17.6 Å². The van der Waals surface area contributed by atoms with Crippen molar-refractivity contribution < 1.29 is 13.2 Å². The van der Waals surface area contributed by atoms with E-state index in [0.29, 0.717) is 11.4 Å². The first-order valence-electron chi connectivity index (χ1n) is 10.6. The van der Waals surface area contributed by atoms with Crippen LogP contribution in [0.15, 0.2) is 36.4 Å². The lowest BCUT2D eigenvalue weighted by atomic mass is 9.90. The fourth-order valence-electron chi connectivity index (χ4n) is 4.21. The maximum Gasteiger partial charge on any atom is 0.416 e. The zero-order valence-electron chi connectivity index (χ0n) is 19.0. The molecule has 0 unspecified atom stereocenters. The van der Waals surface area contributed by atoms with Gasteiger partial charge in [0.2, 0.25) is 0 Å². The third-order valence-corrected chi connectivity index (χ3v) is 6.65. The van der Waals surface area contributed by atoms with E-state index in [1.165, 1.54) is 13.0 Å². The highest BCUT2D eigenvalue weighted by Gasteiger charge is 2.40. The first-order chi connectivity index (χ1) is 15.0.